The highest BCUT2D eigenvalue weighted by Crippen LogP contribution is 2.48. The van der Waals surface area contributed by atoms with Crippen molar-refractivity contribution in [1.29, 1.82) is 0 Å². The Morgan fingerprint density at radius 3 is 1.68 bits per heavy atom. The molecule has 2 heteroatoms. The molecule has 0 radical (unpaired) electrons. The lowest BCUT2D eigenvalue weighted by Crippen LogP contribution is -2.37. The third-order valence-corrected chi connectivity index (χ3v) is 10.3. The summed E-state index contributed by atoms with van der Waals surface area (Å²) in [6, 6.07) is 0. The normalized spacial score (nSPS) is 44.8. The van der Waals surface area contributed by atoms with E-state index in [0.29, 0.717) is 23.9 Å². The quantitative estimate of drug-likeness (QED) is 0.389. The van der Waals surface area contributed by atoms with Crippen molar-refractivity contribution in [2.75, 3.05) is 6.61 Å². The van der Waals surface area contributed by atoms with Crippen LogP contribution < -0.4 is 0 Å². The number of rotatable bonds is 7. The molecule has 0 aromatic heterocycles. The Bertz CT molecular complexity index is 497. The highest BCUT2D eigenvalue weighted by Gasteiger charge is 2.41. The second-order valence-corrected chi connectivity index (χ2v) is 12.0. The van der Waals surface area contributed by atoms with Gasteiger partial charge in [0.1, 0.15) is 6.17 Å². The van der Waals surface area contributed by atoms with E-state index in [1.54, 1.807) is 0 Å². The van der Waals surface area contributed by atoms with Crippen LogP contribution in [0.5, 0.6) is 0 Å². The first kappa shape index (κ1) is 24.0. The number of ether oxygens (including phenoxy) is 1. The smallest absolute Gasteiger partial charge is 0.103 e. The summed E-state index contributed by atoms with van der Waals surface area (Å²) in [4.78, 5) is 0. The molecule has 0 N–H and O–H groups in total. The third-order valence-electron chi connectivity index (χ3n) is 10.3. The molecule has 4 saturated carbocycles. The van der Waals surface area contributed by atoms with E-state index in [2.05, 4.69) is 13.8 Å². The fraction of sp³-hybridized carbons (Fsp3) is 1.00. The minimum Gasteiger partial charge on any atom is -0.379 e. The van der Waals surface area contributed by atoms with Crippen LogP contribution in [0.15, 0.2) is 0 Å². The molecular formula is C29H51FO. The summed E-state index contributed by atoms with van der Waals surface area (Å²) in [5.41, 5.74) is 0. The maximum Gasteiger partial charge on any atom is 0.103 e. The Hall–Kier alpha value is -0.110. The van der Waals surface area contributed by atoms with E-state index in [1.165, 1.54) is 83.5 Å². The summed E-state index contributed by atoms with van der Waals surface area (Å²) in [5, 5.41) is 0. The Balaban J connectivity index is 1.17. The number of hydrogen-bond acceptors (Lipinski definition) is 1. The zero-order valence-corrected chi connectivity index (χ0v) is 20.7. The van der Waals surface area contributed by atoms with Gasteiger partial charge in [-0.2, -0.15) is 0 Å². The van der Waals surface area contributed by atoms with Gasteiger partial charge in [0.25, 0.3) is 0 Å². The van der Waals surface area contributed by atoms with Gasteiger partial charge in [0, 0.05) is 6.61 Å². The van der Waals surface area contributed by atoms with Crippen LogP contribution in [0.4, 0.5) is 4.39 Å². The van der Waals surface area contributed by atoms with Crippen LogP contribution in [0.25, 0.3) is 0 Å². The molecule has 0 amide bonds. The molecule has 31 heavy (non-hydrogen) atoms. The topological polar surface area (TPSA) is 9.23 Å². The van der Waals surface area contributed by atoms with Gasteiger partial charge in [-0.1, -0.05) is 32.6 Å². The van der Waals surface area contributed by atoms with Crippen LogP contribution in [0, 0.1) is 41.4 Å². The first-order valence-electron chi connectivity index (χ1n) is 14.4. The van der Waals surface area contributed by atoms with Gasteiger partial charge in [-0.05, 0) is 132 Å². The molecule has 0 heterocycles. The minimum absolute atomic E-state index is 0.355. The Labute approximate surface area is 192 Å². The van der Waals surface area contributed by atoms with E-state index < -0.39 is 6.17 Å². The molecule has 3 unspecified atom stereocenters. The standard InChI is InChI=1S/C29H51FO/c1-3-5-21-6-8-22(9-7-21)23-10-12-24(13-11-23)26-16-19-28(29(30)20-26)25-14-17-27(18-15-25)31-4-2/h21-29H,3-20H2,1-2H3. The van der Waals surface area contributed by atoms with Crippen molar-refractivity contribution in [2.24, 2.45) is 41.4 Å². The van der Waals surface area contributed by atoms with Crippen LogP contribution in [-0.4, -0.2) is 18.9 Å². The first-order chi connectivity index (χ1) is 15.2. The van der Waals surface area contributed by atoms with E-state index in [4.69, 9.17) is 4.74 Å². The molecule has 0 saturated heterocycles. The van der Waals surface area contributed by atoms with E-state index in [9.17, 15) is 0 Å². The maximum absolute atomic E-state index is 15.3. The lowest BCUT2D eigenvalue weighted by atomic mass is 9.63. The van der Waals surface area contributed by atoms with Gasteiger partial charge >= 0.3 is 0 Å². The summed E-state index contributed by atoms with van der Waals surface area (Å²) in [6.45, 7) is 5.26. The minimum atomic E-state index is -0.529. The molecule has 3 atom stereocenters. The van der Waals surface area contributed by atoms with Gasteiger partial charge in [-0.15, -0.1) is 0 Å². The Morgan fingerprint density at radius 2 is 1.13 bits per heavy atom. The van der Waals surface area contributed by atoms with Crippen molar-refractivity contribution in [3.05, 3.63) is 0 Å². The van der Waals surface area contributed by atoms with Crippen LogP contribution in [0.3, 0.4) is 0 Å². The molecule has 0 bridgehead atoms. The SMILES string of the molecule is CCCC1CCC(C2CCC(C3CCC(C4CCC(OCC)CC4)C(F)C3)CC2)CC1. The number of hydrogen-bond donors (Lipinski definition) is 0. The van der Waals surface area contributed by atoms with Crippen molar-refractivity contribution in [1.82, 2.24) is 0 Å². The third kappa shape index (κ3) is 6.27. The van der Waals surface area contributed by atoms with Crippen LogP contribution in [0.2, 0.25) is 0 Å². The summed E-state index contributed by atoms with van der Waals surface area (Å²) < 4.78 is 21.1. The second kappa shape index (κ2) is 11.8. The molecular weight excluding hydrogens is 383 g/mol. The van der Waals surface area contributed by atoms with E-state index in [0.717, 1.165) is 56.0 Å². The number of halogens is 1. The molecule has 0 aromatic carbocycles. The summed E-state index contributed by atoms with van der Waals surface area (Å²) in [7, 11) is 0. The highest BCUT2D eigenvalue weighted by atomic mass is 19.1. The fourth-order valence-corrected chi connectivity index (χ4v) is 8.49. The van der Waals surface area contributed by atoms with Crippen LogP contribution in [0.1, 0.15) is 123 Å². The zero-order chi connectivity index (χ0) is 21.6. The molecule has 1 nitrogen and oxygen atoms in total. The summed E-state index contributed by atoms with van der Waals surface area (Å²) >= 11 is 0. The van der Waals surface area contributed by atoms with E-state index in [-0.39, 0.29) is 0 Å². The molecule has 4 fully saturated rings. The molecule has 4 aliphatic rings. The van der Waals surface area contributed by atoms with Gasteiger partial charge in [-0.25, -0.2) is 4.39 Å². The van der Waals surface area contributed by atoms with Crippen LogP contribution in [-0.2, 0) is 4.74 Å². The molecule has 0 aliphatic heterocycles. The molecule has 4 rings (SSSR count). The predicted molar refractivity (Wildman–Crippen MR) is 129 cm³/mol. The van der Waals surface area contributed by atoms with Gasteiger partial charge < -0.3 is 4.74 Å². The van der Waals surface area contributed by atoms with Gasteiger partial charge in [0.2, 0.25) is 0 Å². The average Bonchev–Trinajstić information content (AvgIpc) is 2.81. The molecule has 4 aliphatic carbocycles. The maximum atomic E-state index is 15.3. The largest absolute Gasteiger partial charge is 0.379 e. The Morgan fingerprint density at radius 1 is 0.613 bits per heavy atom. The Kier molecular flexibility index (Phi) is 9.18. The lowest BCUT2D eigenvalue weighted by molar-refractivity contribution is -0.00808. The lowest BCUT2D eigenvalue weighted by Gasteiger charge is -2.44. The zero-order valence-electron chi connectivity index (χ0n) is 20.7. The second-order valence-electron chi connectivity index (χ2n) is 12.0. The predicted octanol–water partition coefficient (Wildman–Crippen LogP) is 8.75. The number of alkyl halides is 1. The fourth-order valence-electron chi connectivity index (χ4n) is 8.49. The van der Waals surface area contributed by atoms with Gasteiger partial charge in [0.05, 0.1) is 6.10 Å². The van der Waals surface area contributed by atoms with Gasteiger partial charge in [0.15, 0.2) is 0 Å². The monoisotopic (exact) mass is 434 g/mol. The van der Waals surface area contributed by atoms with Crippen molar-refractivity contribution in [3.63, 3.8) is 0 Å². The first-order valence-corrected chi connectivity index (χ1v) is 14.4. The molecule has 0 aromatic rings. The highest BCUT2D eigenvalue weighted by molar-refractivity contribution is 4.91. The van der Waals surface area contributed by atoms with Gasteiger partial charge in [-0.3, -0.25) is 0 Å². The summed E-state index contributed by atoms with van der Waals surface area (Å²) in [5.74, 6) is 5.55. The van der Waals surface area contributed by atoms with Crippen molar-refractivity contribution < 1.29 is 9.13 Å². The van der Waals surface area contributed by atoms with Crippen LogP contribution >= 0.6 is 0 Å². The van der Waals surface area contributed by atoms with E-state index >= 15 is 4.39 Å². The van der Waals surface area contributed by atoms with Crippen molar-refractivity contribution >= 4 is 0 Å². The molecule has 180 valence electrons. The van der Waals surface area contributed by atoms with Crippen molar-refractivity contribution in [3.8, 4) is 0 Å². The van der Waals surface area contributed by atoms with Crippen molar-refractivity contribution in [2.45, 2.75) is 135 Å². The molecule has 0 spiro atoms. The summed E-state index contributed by atoms with van der Waals surface area (Å²) in [6.07, 6.45) is 22.5. The van der Waals surface area contributed by atoms with E-state index in [1.807, 2.05) is 0 Å². The average molecular weight is 435 g/mol.